The highest BCUT2D eigenvalue weighted by Crippen LogP contribution is 2.10. The van der Waals surface area contributed by atoms with Crippen molar-refractivity contribution in [2.45, 2.75) is 31.4 Å². The Hall–Kier alpha value is -0.593. The van der Waals surface area contributed by atoms with Crippen LogP contribution in [0.25, 0.3) is 0 Å². The van der Waals surface area contributed by atoms with E-state index in [1.54, 1.807) is 0 Å². The van der Waals surface area contributed by atoms with Crippen LogP contribution in [0.2, 0.25) is 19.6 Å². The lowest BCUT2D eigenvalue weighted by molar-refractivity contribution is 0.140. The minimum atomic E-state index is -1.71. The maximum atomic E-state index is 10.5. The van der Waals surface area contributed by atoms with Crippen LogP contribution in [0.15, 0.2) is 0 Å². The topological polar surface area (TPSA) is 86.8 Å². The molecule has 0 spiro atoms. The third kappa shape index (κ3) is 4.08. The fourth-order valence-corrected chi connectivity index (χ4v) is 2.53. The van der Waals surface area contributed by atoms with E-state index in [4.69, 9.17) is 10.8 Å². The fourth-order valence-electron chi connectivity index (χ4n) is 1.14. The van der Waals surface area contributed by atoms with Crippen molar-refractivity contribution in [1.29, 1.82) is 0 Å². The third-order valence-electron chi connectivity index (χ3n) is 2.10. The second-order valence-electron chi connectivity index (χ2n) is 4.64. The van der Waals surface area contributed by atoms with E-state index in [0.717, 1.165) is 4.90 Å². The van der Waals surface area contributed by atoms with Gasteiger partial charge in [-0.1, -0.05) is 19.6 Å². The van der Waals surface area contributed by atoms with Gasteiger partial charge >= 0.3 is 6.09 Å². The van der Waals surface area contributed by atoms with Gasteiger partial charge in [0.05, 0.1) is 13.8 Å². The first-order valence-electron chi connectivity index (χ1n) is 4.54. The summed E-state index contributed by atoms with van der Waals surface area (Å²) in [4.78, 5) is 11.6. The smallest absolute Gasteiger partial charge is 0.407 e. The molecule has 0 aliphatic carbocycles. The summed E-state index contributed by atoms with van der Waals surface area (Å²) < 4.78 is 0. The Labute approximate surface area is 85.5 Å². The molecule has 2 atom stereocenters. The van der Waals surface area contributed by atoms with Gasteiger partial charge in [0.15, 0.2) is 0 Å². The Morgan fingerprint density at radius 3 is 2.21 bits per heavy atom. The van der Waals surface area contributed by atoms with Crippen LogP contribution in [-0.4, -0.2) is 54.6 Å². The quantitative estimate of drug-likeness (QED) is 0.589. The molecule has 0 bridgehead atoms. The van der Waals surface area contributed by atoms with Crippen molar-refractivity contribution >= 4 is 14.2 Å². The molecule has 1 amide bonds. The Bertz CT molecular complexity index is 205. The van der Waals surface area contributed by atoms with Gasteiger partial charge in [-0.3, -0.25) is 0 Å². The molecule has 0 aliphatic rings. The first-order valence-corrected chi connectivity index (χ1v) is 8.11. The first kappa shape index (κ1) is 13.4. The number of aliphatic hydroxyl groups excluding tert-OH is 1. The highest BCUT2D eigenvalue weighted by molar-refractivity contribution is 6.77. The van der Waals surface area contributed by atoms with E-state index >= 15 is 0 Å². The summed E-state index contributed by atoms with van der Waals surface area (Å²) in [5, 5.41) is 18.4. The van der Waals surface area contributed by atoms with Gasteiger partial charge in [-0.2, -0.15) is 0 Å². The molecule has 2 unspecified atom stereocenters. The van der Waals surface area contributed by atoms with Crippen molar-refractivity contribution in [3.05, 3.63) is 0 Å². The van der Waals surface area contributed by atoms with Crippen LogP contribution in [0.4, 0.5) is 4.79 Å². The summed E-state index contributed by atoms with van der Waals surface area (Å²) in [6, 6.07) is -0.497. The zero-order chi connectivity index (χ0) is 11.5. The van der Waals surface area contributed by atoms with Gasteiger partial charge in [0, 0.05) is 19.6 Å². The molecule has 6 heteroatoms. The number of hydrogen-bond donors (Lipinski definition) is 3. The summed E-state index contributed by atoms with van der Waals surface area (Å²) in [6.45, 7) is 6.16. The molecule has 0 rings (SSSR count). The summed E-state index contributed by atoms with van der Waals surface area (Å²) in [6.07, 6.45) is -1.02. The highest BCUT2D eigenvalue weighted by Gasteiger charge is 2.31. The van der Waals surface area contributed by atoms with E-state index < -0.39 is 25.9 Å². The number of likely N-dealkylation sites (N-methyl/N-ethyl adjacent to an activating group) is 1. The second-order valence-corrected chi connectivity index (χ2v) is 9.96. The number of carboxylic acid groups (broad SMARTS) is 1. The molecular weight excluding hydrogens is 200 g/mol. The van der Waals surface area contributed by atoms with E-state index in [2.05, 4.69) is 0 Å². The van der Waals surface area contributed by atoms with Gasteiger partial charge in [-0.15, -0.1) is 0 Å². The zero-order valence-corrected chi connectivity index (χ0v) is 10.2. The van der Waals surface area contributed by atoms with Crippen molar-refractivity contribution in [1.82, 2.24) is 4.90 Å². The van der Waals surface area contributed by atoms with Gasteiger partial charge in [-0.05, 0) is 0 Å². The van der Waals surface area contributed by atoms with Gasteiger partial charge in [0.25, 0.3) is 0 Å². The van der Waals surface area contributed by atoms with E-state index in [9.17, 15) is 9.90 Å². The largest absolute Gasteiger partial charge is 0.465 e. The van der Waals surface area contributed by atoms with Crippen LogP contribution in [0, 0.1) is 0 Å². The molecule has 0 radical (unpaired) electrons. The van der Waals surface area contributed by atoms with Gasteiger partial charge in [0.2, 0.25) is 0 Å². The molecule has 5 nitrogen and oxygen atoms in total. The number of carbonyl (C=O) groups is 1. The number of aliphatic hydroxyl groups is 1. The lowest BCUT2D eigenvalue weighted by Crippen LogP contribution is -2.55. The molecule has 0 saturated carbocycles. The maximum Gasteiger partial charge on any atom is 0.407 e. The lowest BCUT2D eigenvalue weighted by atomic mass is 10.3. The molecule has 0 saturated heterocycles. The predicted molar refractivity (Wildman–Crippen MR) is 58.0 cm³/mol. The molecule has 14 heavy (non-hydrogen) atoms. The Morgan fingerprint density at radius 1 is 1.50 bits per heavy atom. The summed E-state index contributed by atoms with van der Waals surface area (Å²) >= 11 is 0. The summed E-state index contributed by atoms with van der Waals surface area (Å²) in [5.41, 5.74) is 5.14. The lowest BCUT2D eigenvalue weighted by Gasteiger charge is -2.30. The number of rotatable bonds is 4. The normalized spacial score (nSPS) is 16.1. The van der Waals surface area contributed by atoms with Gasteiger partial charge < -0.3 is 20.8 Å². The second kappa shape index (κ2) is 4.76. The number of nitrogens with zero attached hydrogens (tertiary/aromatic N) is 1. The average molecular weight is 220 g/mol. The van der Waals surface area contributed by atoms with Crippen LogP contribution in [0.3, 0.4) is 0 Å². The van der Waals surface area contributed by atoms with E-state index in [1.807, 2.05) is 19.6 Å². The third-order valence-corrected chi connectivity index (χ3v) is 4.31. The standard InChI is InChI=1S/C8H20N2O3Si/c1-10(8(12)13)5-6(9)7(11)14(2,3)4/h6-7,11H,5,9H2,1-4H3,(H,12,13). The van der Waals surface area contributed by atoms with Crippen LogP contribution >= 0.6 is 0 Å². The fraction of sp³-hybridized carbons (Fsp3) is 0.875. The van der Waals surface area contributed by atoms with Crippen molar-refractivity contribution in [2.24, 2.45) is 5.73 Å². The minimum absolute atomic E-state index is 0.167. The highest BCUT2D eigenvalue weighted by atomic mass is 28.3. The predicted octanol–water partition coefficient (Wildman–Crippen LogP) is 0.162. The van der Waals surface area contributed by atoms with Crippen molar-refractivity contribution in [2.75, 3.05) is 13.6 Å². The molecule has 0 fully saturated rings. The minimum Gasteiger partial charge on any atom is -0.465 e. The number of nitrogens with two attached hydrogens (primary N) is 1. The zero-order valence-electron chi connectivity index (χ0n) is 9.19. The van der Waals surface area contributed by atoms with Crippen LogP contribution in [0.5, 0.6) is 0 Å². The van der Waals surface area contributed by atoms with E-state index in [0.29, 0.717) is 0 Å². The Morgan fingerprint density at radius 2 is 1.93 bits per heavy atom. The molecule has 0 heterocycles. The molecule has 0 aromatic rings. The summed E-state index contributed by atoms with van der Waals surface area (Å²) in [7, 11) is -0.271. The Kier molecular flexibility index (Phi) is 4.56. The number of hydrogen-bond acceptors (Lipinski definition) is 3. The molecular formula is C8H20N2O3Si. The molecule has 4 N–H and O–H groups in total. The molecule has 0 aromatic carbocycles. The first-order chi connectivity index (χ1) is 6.16. The Balaban J connectivity index is 4.21. The number of amides is 1. The molecule has 0 aromatic heterocycles. The van der Waals surface area contributed by atoms with Crippen molar-refractivity contribution in [3.63, 3.8) is 0 Å². The molecule has 84 valence electrons. The summed E-state index contributed by atoms with van der Waals surface area (Å²) in [5.74, 6) is 0. The van der Waals surface area contributed by atoms with Crippen LogP contribution in [0.1, 0.15) is 0 Å². The van der Waals surface area contributed by atoms with Gasteiger partial charge in [0.1, 0.15) is 0 Å². The SMILES string of the molecule is CN(CC(N)C(O)[Si](C)(C)C)C(=O)O. The van der Waals surface area contributed by atoms with Crippen molar-refractivity contribution < 1.29 is 15.0 Å². The maximum absolute atomic E-state index is 10.5. The van der Waals surface area contributed by atoms with E-state index in [1.165, 1.54) is 7.05 Å². The molecule has 0 aliphatic heterocycles. The van der Waals surface area contributed by atoms with Crippen LogP contribution < -0.4 is 5.73 Å². The van der Waals surface area contributed by atoms with Crippen LogP contribution in [-0.2, 0) is 0 Å². The monoisotopic (exact) mass is 220 g/mol. The van der Waals surface area contributed by atoms with E-state index in [-0.39, 0.29) is 6.54 Å². The van der Waals surface area contributed by atoms with Crippen molar-refractivity contribution in [3.8, 4) is 0 Å². The van der Waals surface area contributed by atoms with Gasteiger partial charge in [-0.25, -0.2) is 4.79 Å². The average Bonchev–Trinajstić information content (AvgIpc) is 2.00.